The van der Waals surface area contributed by atoms with Gasteiger partial charge in [0.1, 0.15) is 0 Å². The van der Waals surface area contributed by atoms with Gasteiger partial charge in [0, 0.05) is 0 Å². The molecule has 0 aliphatic carbocycles. The molecule has 0 saturated carbocycles. The van der Waals surface area contributed by atoms with Crippen molar-refractivity contribution in [3.63, 3.8) is 0 Å². The number of hydrogen-bond acceptors (Lipinski definition) is 0. The van der Waals surface area contributed by atoms with Crippen molar-refractivity contribution in [2.24, 2.45) is 28.6 Å². The Morgan fingerprint density at radius 1 is 0.625 bits per heavy atom. The second-order valence-electron chi connectivity index (χ2n) is 11.3. The highest BCUT2D eigenvalue weighted by Gasteiger charge is 2.22. The van der Waals surface area contributed by atoms with Crippen LogP contribution in [0.2, 0.25) is 0 Å². The molecular formula is C24H50. The Balaban J connectivity index is 4.47. The van der Waals surface area contributed by atoms with Gasteiger partial charge in [-0.2, -0.15) is 0 Å². The third-order valence-electron chi connectivity index (χ3n) is 5.11. The molecule has 0 spiro atoms. The summed E-state index contributed by atoms with van der Waals surface area (Å²) in [6.07, 6.45) is 14.2. The van der Waals surface area contributed by atoms with E-state index in [4.69, 9.17) is 0 Å². The molecule has 2 atom stereocenters. The Morgan fingerprint density at radius 3 is 1.42 bits per heavy atom. The van der Waals surface area contributed by atoms with E-state index in [0.29, 0.717) is 10.8 Å². The SMILES string of the molecule is CCCCCCCC(CC(C)CC(C)(C)C)CC(C)CC(C)(C)C. The van der Waals surface area contributed by atoms with Crippen LogP contribution in [0.3, 0.4) is 0 Å². The summed E-state index contributed by atoms with van der Waals surface area (Å²) in [4.78, 5) is 0. The molecule has 0 aliphatic heterocycles. The van der Waals surface area contributed by atoms with Gasteiger partial charge in [-0.05, 0) is 54.3 Å². The van der Waals surface area contributed by atoms with E-state index in [9.17, 15) is 0 Å². The molecule has 0 nitrogen and oxygen atoms in total. The molecule has 0 aromatic rings. The highest BCUT2D eigenvalue weighted by molar-refractivity contribution is 4.74. The van der Waals surface area contributed by atoms with Gasteiger partial charge in [-0.25, -0.2) is 0 Å². The van der Waals surface area contributed by atoms with Gasteiger partial charge in [-0.1, -0.05) is 101 Å². The highest BCUT2D eigenvalue weighted by Crippen LogP contribution is 2.35. The predicted molar refractivity (Wildman–Crippen MR) is 113 cm³/mol. The largest absolute Gasteiger partial charge is 0.0654 e. The van der Waals surface area contributed by atoms with Crippen LogP contribution in [0, 0.1) is 28.6 Å². The molecule has 0 heteroatoms. The summed E-state index contributed by atoms with van der Waals surface area (Å²) < 4.78 is 0. The average Bonchev–Trinajstić information content (AvgIpc) is 2.33. The molecule has 0 aromatic heterocycles. The van der Waals surface area contributed by atoms with Crippen molar-refractivity contribution in [1.82, 2.24) is 0 Å². The minimum Gasteiger partial charge on any atom is -0.0654 e. The van der Waals surface area contributed by atoms with Crippen molar-refractivity contribution in [2.45, 2.75) is 127 Å². The Hall–Kier alpha value is 0. The smallest absolute Gasteiger partial charge is 0.0380 e. The summed E-state index contributed by atoms with van der Waals surface area (Å²) in [5.41, 5.74) is 0.949. The van der Waals surface area contributed by atoms with Gasteiger partial charge < -0.3 is 0 Å². The summed E-state index contributed by atoms with van der Waals surface area (Å²) >= 11 is 0. The summed E-state index contributed by atoms with van der Waals surface area (Å²) in [6, 6.07) is 0. The molecule has 0 saturated heterocycles. The van der Waals surface area contributed by atoms with E-state index < -0.39 is 0 Å². The Kier molecular flexibility index (Phi) is 11.6. The third kappa shape index (κ3) is 15.5. The van der Waals surface area contributed by atoms with Crippen LogP contribution >= 0.6 is 0 Å². The average molecular weight is 339 g/mol. The molecular weight excluding hydrogens is 288 g/mol. The van der Waals surface area contributed by atoms with E-state index >= 15 is 0 Å². The lowest BCUT2D eigenvalue weighted by Gasteiger charge is -2.30. The fraction of sp³-hybridized carbons (Fsp3) is 1.00. The molecule has 24 heavy (non-hydrogen) atoms. The quantitative estimate of drug-likeness (QED) is 0.312. The van der Waals surface area contributed by atoms with Crippen LogP contribution in [0.25, 0.3) is 0 Å². The number of rotatable bonds is 12. The molecule has 0 aromatic carbocycles. The van der Waals surface area contributed by atoms with E-state index in [-0.39, 0.29) is 0 Å². The van der Waals surface area contributed by atoms with Crippen LogP contribution in [0.1, 0.15) is 127 Å². The van der Waals surface area contributed by atoms with Gasteiger partial charge in [0.05, 0.1) is 0 Å². The zero-order chi connectivity index (χ0) is 18.8. The lowest BCUT2D eigenvalue weighted by atomic mass is 9.76. The van der Waals surface area contributed by atoms with Gasteiger partial charge >= 0.3 is 0 Å². The third-order valence-corrected chi connectivity index (χ3v) is 5.11. The summed E-state index contributed by atoms with van der Waals surface area (Å²) in [5.74, 6) is 2.68. The summed E-state index contributed by atoms with van der Waals surface area (Å²) in [7, 11) is 0. The Labute approximate surface area is 155 Å². The molecule has 0 fully saturated rings. The standard InChI is InChI=1S/C24H50/c1-10-11-12-13-14-15-22(16-20(2)18-23(4,5)6)17-21(3)19-24(7,8)9/h20-22H,10-19H2,1-9H3. The maximum atomic E-state index is 2.49. The van der Waals surface area contributed by atoms with E-state index in [0.717, 1.165) is 17.8 Å². The molecule has 0 amide bonds. The predicted octanol–water partition coefficient (Wildman–Crippen LogP) is 8.89. The minimum atomic E-state index is 0.474. The first-order valence-electron chi connectivity index (χ1n) is 10.9. The first kappa shape index (κ1) is 24.0. The van der Waals surface area contributed by atoms with Crippen LogP contribution in [0.4, 0.5) is 0 Å². The Morgan fingerprint density at radius 2 is 1.04 bits per heavy atom. The zero-order valence-electron chi connectivity index (χ0n) is 18.8. The molecule has 0 N–H and O–H groups in total. The van der Waals surface area contributed by atoms with E-state index in [1.807, 2.05) is 0 Å². The monoisotopic (exact) mass is 338 g/mol. The molecule has 146 valence electrons. The molecule has 0 rings (SSSR count). The molecule has 0 aliphatic rings. The number of hydrogen-bond donors (Lipinski definition) is 0. The molecule has 0 bridgehead atoms. The molecule has 0 radical (unpaired) electrons. The van der Waals surface area contributed by atoms with Crippen LogP contribution in [0.15, 0.2) is 0 Å². The van der Waals surface area contributed by atoms with Crippen molar-refractivity contribution in [2.75, 3.05) is 0 Å². The second kappa shape index (κ2) is 11.6. The zero-order valence-corrected chi connectivity index (χ0v) is 18.8. The molecule has 0 heterocycles. The topological polar surface area (TPSA) is 0 Å². The van der Waals surface area contributed by atoms with Gasteiger partial charge in [0.15, 0.2) is 0 Å². The van der Waals surface area contributed by atoms with Gasteiger partial charge in [-0.15, -0.1) is 0 Å². The maximum Gasteiger partial charge on any atom is -0.0380 e. The van der Waals surface area contributed by atoms with E-state index in [1.54, 1.807) is 0 Å². The van der Waals surface area contributed by atoms with E-state index in [1.165, 1.54) is 64.2 Å². The number of unbranched alkanes of at least 4 members (excludes halogenated alkanes) is 4. The Bertz CT molecular complexity index is 264. The minimum absolute atomic E-state index is 0.474. The lowest BCUT2D eigenvalue weighted by molar-refractivity contribution is 0.216. The fourth-order valence-electron chi connectivity index (χ4n) is 4.76. The van der Waals surface area contributed by atoms with Crippen LogP contribution in [-0.4, -0.2) is 0 Å². The second-order valence-corrected chi connectivity index (χ2v) is 11.3. The maximum absolute atomic E-state index is 2.49. The van der Waals surface area contributed by atoms with Gasteiger partial charge in [0.2, 0.25) is 0 Å². The molecule has 2 unspecified atom stereocenters. The van der Waals surface area contributed by atoms with Crippen molar-refractivity contribution in [1.29, 1.82) is 0 Å². The first-order chi connectivity index (χ1) is 10.9. The van der Waals surface area contributed by atoms with Crippen molar-refractivity contribution in [3.05, 3.63) is 0 Å². The first-order valence-corrected chi connectivity index (χ1v) is 10.9. The summed E-state index contributed by atoms with van der Waals surface area (Å²) in [6.45, 7) is 21.7. The van der Waals surface area contributed by atoms with Crippen LogP contribution < -0.4 is 0 Å². The van der Waals surface area contributed by atoms with Crippen molar-refractivity contribution in [3.8, 4) is 0 Å². The van der Waals surface area contributed by atoms with Gasteiger partial charge in [0.25, 0.3) is 0 Å². The van der Waals surface area contributed by atoms with Crippen molar-refractivity contribution < 1.29 is 0 Å². The highest BCUT2D eigenvalue weighted by atomic mass is 14.3. The summed E-state index contributed by atoms with van der Waals surface area (Å²) in [5, 5.41) is 0. The van der Waals surface area contributed by atoms with E-state index in [2.05, 4.69) is 62.3 Å². The van der Waals surface area contributed by atoms with Gasteiger partial charge in [-0.3, -0.25) is 0 Å². The van der Waals surface area contributed by atoms with Crippen LogP contribution in [-0.2, 0) is 0 Å². The van der Waals surface area contributed by atoms with Crippen LogP contribution in [0.5, 0.6) is 0 Å². The van der Waals surface area contributed by atoms with Crippen molar-refractivity contribution >= 4 is 0 Å². The lowest BCUT2D eigenvalue weighted by Crippen LogP contribution is -2.18. The normalized spacial score (nSPS) is 16.9. The fourth-order valence-corrected chi connectivity index (χ4v) is 4.76.